The van der Waals surface area contributed by atoms with Crippen LogP contribution in [-0.4, -0.2) is 19.2 Å². The molecule has 5 nitrogen and oxygen atoms in total. The van der Waals surface area contributed by atoms with Crippen molar-refractivity contribution in [1.82, 2.24) is 5.43 Å². The van der Waals surface area contributed by atoms with Crippen LogP contribution in [-0.2, 0) is 6.61 Å². The minimum absolute atomic E-state index is 0.275. The van der Waals surface area contributed by atoms with Gasteiger partial charge in [-0.15, -0.1) is 0 Å². The molecule has 0 heterocycles. The van der Waals surface area contributed by atoms with E-state index in [-0.39, 0.29) is 5.91 Å². The van der Waals surface area contributed by atoms with Crippen LogP contribution in [0.25, 0.3) is 0 Å². The van der Waals surface area contributed by atoms with Crippen LogP contribution < -0.4 is 14.9 Å². The molecule has 0 aliphatic rings. The van der Waals surface area contributed by atoms with Gasteiger partial charge in [-0.25, -0.2) is 5.43 Å². The van der Waals surface area contributed by atoms with E-state index in [4.69, 9.17) is 21.1 Å². The summed E-state index contributed by atoms with van der Waals surface area (Å²) in [5.41, 5.74) is 4.70. The van der Waals surface area contributed by atoms with E-state index in [0.29, 0.717) is 28.7 Å². The molecule has 3 aromatic carbocycles. The Morgan fingerprint density at radius 3 is 2.69 bits per heavy atom. The summed E-state index contributed by atoms with van der Waals surface area (Å²) in [6.45, 7) is 0.306. The summed E-state index contributed by atoms with van der Waals surface area (Å²) in [5.74, 6) is 0.876. The Bertz CT molecular complexity index is 1040. The highest BCUT2D eigenvalue weighted by Crippen LogP contribution is 2.29. The van der Waals surface area contributed by atoms with Crippen LogP contribution in [0, 0.1) is 3.57 Å². The molecule has 7 heteroatoms. The van der Waals surface area contributed by atoms with Gasteiger partial charge in [0, 0.05) is 19.7 Å². The van der Waals surface area contributed by atoms with Gasteiger partial charge in [0.2, 0.25) is 0 Å². The van der Waals surface area contributed by atoms with Gasteiger partial charge in [-0.1, -0.05) is 35.9 Å². The smallest absolute Gasteiger partial charge is 0.271 e. The maximum Gasteiger partial charge on any atom is 0.271 e. The summed E-state index contributed by atoms with van der Waals surface area (Å²) < 4.78 is 12.2. The van der Waals surface area contributed by atoms with Crippen LogP contribution in [0.3, 0.4) is 0 Å². The Labute approximate surface area is 187 Å². The zero-order valence-electron chi connectivity index (χ0n) is 15.6. The van der Waals surface area contributed by atoms with Crippen LogP contribution in [0.4, 0.5) is 0 Å². The maximum atomic E-state index is 12.2. The van der Waals surface area contributed by atoms with Gasteiger partial charge in [0.15, 0.2) is 11.5 Å². The molecule has 3 rings (SSSR count). The molecule has 0 aliphatic heterocycles. The molecule has 0 spiro atoms. The minimum Gasteiger partial charge on any atom is -0.493 e. The number of hydrazone groups is 1. The lowest BCUT2D eigenvalue weighted by Crippen LogP contribution is -2.17. The van der Waals surface area contributed by atoms with Crippen LogP contribution in [0.15, 0.2) is 71.8 Å². The highest BCUT2D eigenvalue weighted by atomic mass is 127. The molecule has 3 aromatic rings. The van der Waals surface area contributed by atoms with Crippen molar-refractivity contribution in [2.75, 3.05) is 7.11 Å². The monoisotopic (exact) mass is 520 g/mol. The van der Waals surface area contributed by atoms with Gasteiger partial charge in [0.25, 0.3) is 5.91 Å². The van der Waals surface area contributed by atoms with Crippen molar-refractivity contribution >= 4 is 46.3 Å². The summed E-state index contributed by atoms with van der Waals surface area (Å²) in [5, 5.41) is 4.67. The van der Waals surface area contributed by atoms with E-state index in [1.54, 1.807) is 37.6 Å². The first-order chi connectivity index (χ1) is 14.1. The first-order valence-electron chi connectivity index (χ1n) is 8.70. The van der Waals surface area contributed by atoms with Crippen LogP contribution in [0.5, 0.6) is 11.5 Å². The average molecular weight is 521 g/mol. The highest BCUT2D eigenvalue weighted by molar-refractivity contribution is 14.1. The number of hydrogen-bond donors (Lipinski definition) is 1. The van der Waals surface area contributed by atoms with Crippen molar-refractivity contribution in [2.24, 2.45) is 5.10 Å². The first-order valence-corrected chi connectivity index (χ1v) is 10.2. The summed E-state index contributed by atoms with van der Waals surface area (Å²) in [4.78, 5) is 12.2. The molecular formula is C22H18ClIN2O3. The topological polar surface area (TPSA) is 59.9 Å². The van der Waals surface area contributed by atoms with Crippen molar-refractivity contribution in [3.63, 3.8) is 0 Å². The predicted octanol–water partition coefficient (Wildman–Crippen LogP) is 5.30. The zero-order chi connectivity index (χ0) is 20.6. The fourth-order valence-electron chi connectivity index (χ4n) is 2.52. The van der Waals surface area contributed by atoms with Gasteiger partial charge in [-0.2, -0.15) is 5.10 Å². The second kappa shape index (κ2) is 10.3. The van der Waals surface area contributed by atoms with E-state index >= 15 is 0 Å². The Morgan fingerprint density at radius 1 is 1.10 bits per heavy atom. The number of hydrogen-bond acceptors (Lipinski definition) is 4. The summed E-state index contributed by atoms with van der Waals surface area (Å²) in [6.07, 6.45) is 1.55. The standard InChI is InChI=1S/C22H18ClIN2O3/c1-28-20-10-9-15(11-21(20)29-14-17-5-2-3-8-19(17)23)13-25-26-22(27)16-6-4-7-18(24)12-16/h2-13H,14H2,1H3,(H,26,27)/b25-13-. The number of methoxy groups -OCH3 is 1. The van der Waals surface area contributed by atoms with Crippen molar-refractivity contribution in [3.05, 3.63) is 92.0 Å². The molecule has 0 aromatic heterocycles. The normalized spacial score (nSPS) is 10.7. The maximum absolute atomic E-state index is 12.2. The van der Waals surface area contributed by atoms with Gasteiger partial charge >= 0.3 is 0 Å². The SMILES string of the molecule is COc1ccc(/C=N\NC(=O)c2cccc(I)c2)cc1OCc1ccccc1Cl. The number of nitrogens with one attached hydrogen (secondary N) is 1. The van der Waals surface area contributed by atoms with Gasteiger partial charge in [-0.3, -0.25) is 4.79 Å². The molecule has 0 bridgehead atoms. The van der Waals surface area contributed by atoms with Gasteiger partial charge in [-0.05, 0) is 70.6 Å². The Morgan fingerprint density at radius 2 is 1.93 bits per heavy atom. The molecular weight excluding hydrogens is 503 g/mol. The van der Waals surface area contributed by atoms with E-state index in [1.807, 2.05) is 42.5 Å². The Hall–Kier alpha value is -2.58. The van der Waals surface area contributed by atoms with Crippen LogP contribution >= 0.6 is 34.2 Å². The lowest BCUT2D eigenvalue weighted by molar-refractivity contribution is 0.0955. The van der Waals surface area contributed by atoms with Crippen LogP contribution in [0.2, 0.25) is 5.02 Å². The van der Waals surface area contributed by atoms with Crippen LogP contribution in [0.1, 0.15) is 21.5 Å². The van der Waals surface area contributed by atoms with Crippen molar-refractivity contribution in [1.29, 1.82) is 0 Å². The molecule has 29 heavy (non-hydrogen) atoms. The first kappa shape index (κ1) is 21.1. The molecule has 1 amide bonds. The molecule has 148 valence electrons. The van der Waals surface area contributed by atoms with E-state index in [2.05, 4.69) is 33.1 Å². The lowest BCUT2D eigenvalue weighted by atomic mass is 10.2. The van der Waals surface area contributed by atoms with E-state index in [1.165, 1.54) is 0 Å². The molecule has 1 N–H and O–H groups in total. The van der Waals surface area contributed by atoms with Crippen molar-refractivity contribution in [2.45, 2.75) is 6.61 Å². The number of carbonyl (C=O) groups excluding carboxylic acids is 1. The summed E-state index contributed by atoms with van der Waals surface area (Å²) >= 11 is 8.34. The predicted molar refractivity (Wildman–Crippen MR) is 123 cm³/mol. The Kier molecular flexibility index (Phi) is 7.48. The van der Waals surface area contributed by atoms with Gasteiger partial charge in [0.1, 0.15) is 6.61 Å². The zero-order valence-corrected chi connectivity index (χ0v) is 18.5. The molecule has 0 atom stereocenters. The number of amides is 1. The van der Waals surface area contributed by atoms with E-state index in [9.17, 15) is 4.79 Å². The Balaban J connectivity index is 1.68. The van der Waals surface area contributed by atoms with Crippen molar-refractivity contribution in [3.8, 4) is 11.5 Å². The molecule has 0 unspecified atom stereocenters. The molecule has 0 saturated heterocycles. The fourth-order valence-corrected chi connectivity index (χ4v) is 3.25. The average Bonchev–Trinajstić information content (AvgIpc) is 2.73. The van der Waals surface area contributed by atoms with E-state index < -0.39 is 0 Å². The number of rotatable bonds is 7. The number of ether oxygens (including phenoxy) is 2. The third-order valence-electron chi connectivity index (χ3n) is 4.00. The molecule has 0 saturated carbocycles. The second-order valence-electron chi connectivity index (χ2n) is 6.00. The summed E-state index contributed by atoms with van der Waals surface area (Å²) in [6, 6.07) is 20.2. The largest absolute Gasteiger partial charge is 0.493 e. The number of nitrogens with zero attached hydrogens (tertiary/aromatic N) is 1. The van der Waals surface area contributed by atoms with E-state index in [0.717, 1.165) is 14.7 Å². The third-order valence-corrected chi connectivity index (χ3v) is 5.03. The van der Waals surface area contributed by atoms with Gasteiger partial charge < -0.3 is 9.47 Å². The highest BCUT2D eigenvalue weighted by Gasteiger charge is 2.08. The third kappa shape index (κ3) is 5.95. The van der Waals surface area contributed by atoms with Gasteiger partial charge in [0.05, 0.1) is 13.3 Å². The molecule has 0 fully saturated rings. The lowest BCUT2D eigenvalue weighted by Gasteiger charge is -2.12. The number of benzene rings is 3. The fraction of sp³-hybridized carbons (Fsp3) is 0.0909. The minimum atomic E-state index is -0.275. The van der Waals surface area contributed by atoms with Crippen molar-refractivity contribution < 1.29 is 14.3 Å². The number of halogens is 2. The second-order valence-corrected chi connectivity index (χ2v) is 7.65. The molecule has 0 radical (unpaired) electrons. The number of carbonyl (C=O) groups is 1. The summed E-state index contributed by atoms with van der Waals surface area (Å²) in [7, 11) is 1.58. The quantitative estimate of drug-likeness (QED) is 0.261. The molecule has 0 aliphatic carbocycles.